The van der Waals surface area contributed by atoms with Crippen LogP contribution in [0.2, 0.25) is 0 Å². The molecule has 0 radical (unpaired) electrons. The Labute approximate surface area is 142 Å². The van der Waals surface area contributed by atoms with Gasteiger partial charge in [-0.05, 0) is 37.5 Å². The van der Waals surface area contributed by atoms with Crippen LogP contribution in [-0.4, -0.2) is 30.1 Å². The van der Waals surface area contributed by atoms with Crippen LogP contribution in [0.3, 0.4) is 0 Å². The summed E-state index contributed by atoms with van der Waals surface area (Å²) < 4.78 is 5.38. The van der Waals surface area contributed by atoms with Gasteiger partial charge in [0.15, 0.2) is 0 Å². The van der Waals surface area contributed by atoms with E-state index in [0.29, 0.717) is 12.4 Å². The van der Waals surface area contributed by atoms with E-state index in [-0.39, 0.29) is 12.0 Å². The third-order valence-electron chi connectivity index (χ3n) is 4.18. The Kier molecular flexibility index (Phi) is 5.43. The topological polar surface area (TPSA) is 54.5 Å². The molecule has 1 aliphatic heterocycles. The Bertz CT molecular complexity index is 652. The molecule has 2 heterocycles. The van der Waals surface area contributed by atoms with Gasteiger partial charge in [-0.2, -0.15) is 0 Å². The first-order chi connectivity index (χ1) is 11.8. The Hall–Kier alpha value is -2.40. The van der Waals surface area contributed by atoms with Gasteiger partial charge in [0.1, 0.15) is 11.9 Å². The molecule has 1 amide bonds. The van der Waals surface area contributed by atoms with Gasteiger partial charge < -0.3 is 15.0 Å². The molecule has 1 saturated heterocycles. The minimum atomic E-state index is -0.336. The number of aromatic nitrogens is 1. The summed E-state index contributed by atoms with van der Waals surface area (Å²) in [6.45, 7) is 4.50. The second kappa shape index (κ2) is 7.93. The molecule has 1 aromatic carbocycles. The molecule has 1 aliphatic rings. The highest BCUT2D eigenvalue weighted by atomic mass is 16.5. The van der Waals surface area contributed by atoms with Crippen molar-refractivity contribution < 1.29 is 9.53 Å². The molecule has 0 saturated carbocycles. The maximum Gasteiger partial charge on any atom is 0.254 e. The van der Waals surface area contributed by atoms with Crippen LogP contribution >= 0.6 is 0 Å². The van der Waals surface area contributed by atoms with E-state index in [4.69, 9.17) is 4.74 Å². The molecule has 5 nitrogen and oxygen atoms in total. The van der Waals surface area contributed by atoms with Crippen LogP contribution < -0.4 is 10.2 Å². The van der Waals surface area contributed by atoms with Crippen molar-refractivity contribution in [1.29, 1.82) is 0 Å². The first-order valence-corrected chi connectivity index (χ1v) is 8.43. The van der Waals surface area contributed by atoms with Crippen molar-refractivity contribution in [1.82, 2.24) is 4.98 Å². The van der Waals surface area contributed by atoms with Crippen molar-refractivity contribution in [2.75, 3.05) is 23.4 Å². The third-order valence-corrected chi connectivity index (χ3v) is 4.18. The fourth-order valence-corrected chi connectivity index (χ4v) is 2.83. The summed E-state index contributed by atoms with van der Waals surface area (Å²) in [7, 11) is 0. The molecule has 0 bridgehead atoms. The van der Waals surface area contributed by atoms with Gasteiger partial charge in [-0.25, -0.2) is 4.98 Å². The summed E-state index contributed by atoms with van der Waals surface area (Å²) in [5, 5.41) is 2.82. The Morgan fingerprint density at radius 3 is 2.75 bits per heavy atom. The minimum absolute atomic E-state index is 0.107. The Morgan fingerprint density at radius 1 is 1.29 bits per heavy atom. The van der Waals surface area contributed by atoms with Crippen molar-refractivity contribution in [2.24, 2.45) is 0 Å². The number of anilines is 2. The largest absolute Gasteiger partial charge is 0.368 e. The standard InChI is InChI=1S/C19H23N3O2/c1-2-22(14-15-7-4-3-5-8-15)16-10-11-18(20-13-16)21-19(23)17-9-6-12-24-17/h3-5,7-8,10-11,13,17H,2,6,9,12,14H2,1H3,(H,20,21,23). The van der Waals surface area contributed by atoms with Gasteiger partial charge in [0.2, 0.25) is 0 Å². The number of hydrogen-bond acceptors (Lipinski definition) is 4. The number of ether oxygens (including phenoxy) is 1. The van der Waals surface area contributed by atoms with E-state index in [1.54, 1.807) is 6.20 Å². The third kappa shape index (κ3) is 4.11. The normalized spacial score (nSPS) is 16.8. The quantitative estimate of drug-likeness (QED) is 0.886. The highest BCUT2D eigenvalue weighted by Crippen LogP contribution is 2.19. The van der Waals surface area contributed by atoms with Gasteiger partial charge in [-0.1, -0.05) is 30.3 Å². The van der Waals surface area contributed by atoms with Gasteiger partial charge >= 0.3 is 0 Å². The zero-order chi connectivity index (χ0) is 16.8. The van der Waals surface area contributed by atoms with Crippen molar-refractivity contribution in [3.05, 3.63) is 54.2 Å². The van der Waals surface area contributed by atoms with Crippen molar-refractivity contribution in [3.63, 3.8) is 0 Å². The lowest BCUT2D eigenvalue weighted by Crippen LogP contribution is -2.27. The van der Waals surface area contributed by atoms with Crippen LogP contribution in [0.5, 0.6) is 0 Å². The van der Waals surface area contributed by atoms with E-state index in [0.717, 1.165) is 31.6 Å². The number of benzene rings is 1. The van der Waals surface area contributed by atoms with Crippen LogP contribution in [0.4, 0.5) is 11.5 Å². The van der Waals surface area contributed by atoms with Crippen LogP contribution in [0, 0.1) is 0 Å². The predicted molar refractivity (Wildman–Crippen MR) is 95.0 cm³/mol. The fraction of sp³-hybridized carbons (Fsp3) is 0.368. The van der Waals surface area contributed by atoms with Crippen molar-refractivity contribution in [3.8, 4) is 0 Å². The second-order valence-electron chi connectivity index (χ2n) is 5.89. The molecule has 126 valence electrons. The van der Waals surface area contributed by atoms with Crippen LogP contribution in [0.1, 0.15) is 25.3 Å². The average Bonchev–Trinajstić information content (AvgIpc) is 3.16. The molecule has 0 spiro atoms. The smallest absolute Gasteiger partial charge is 0.254 e. The maximum atomic E-state index is 12.0. The van der Waals surface area contributed by atoms with Crippen LogP contribution in [0.15, 0.2) is 48.7 Å². The lowest BCUT2D eigenvalue weighted by Gasteiger charge is -2.23. The number of hydrogen-bond donors (Lipinski definition) is 1. The maximum absolute atomic E-state index is 12.0. The summed E-state index contributed by atoms with van der Waals surface area (Å²) in [5.74, 6) is 0.458. The second-order valence-corrected chi connectivity index (χ2v) is 5.89. The number of amides is 1. The van der Waals surface area contributed by atoms with Gasteiger partial charge in [-0.3, -0.25) is 4.79 Å². The highest BCUT2D eigenvalue weighted by Gasteiger charge is 2.23. The summed E-state index contributed by atoms with van der Waals surface area (Å²) in [6.07, 6.45) is 3.19. The Morgan fingerprint density at radius 2 is 2.12 bits per heavy atom. The number of nitrogens with one attached hydrogen (secondary N) is 1. The molecule has 1 N–H and O–H groups in total. The summed E-state index contributed by atoms with van der Waals surface area (Å²) in [4.78, 5) is 18.7. The molecule has 1 atom stereocenters. The SMILES string of the molecule is CCN(Cc1ccccc1)c1ccc(NC(=O)C2CCCO2)nc1. The number of pyridine rings is 1. The first-order valence-electron chi connectivity index (χ1n) is 8.43. The Balaban J connectivity index is 1.63. The minimum Gasteiger partial charge on any atom is -0.368 e. The van der Waals surface area contributed by atoms with Gasteiger partial charge in [0, 0.05) is 19.7 Å². The number of rotatable bonds is 6. The first kappa shape index (κ1) is 16.5. The predicted octanol–water partition coefficient (Wildman–Crippen LogP) is 3.23. The van der Waals surface area contributed by atoms with E-state index in [9.17, 15) is 4.79 Å². The van der Waals surface area contributed by atoms with Gasteiger partial charge in [0.05, 0.1) is 11.9 Å². The molecular formula is C19H23N3O2. The number of nitrogens with zero attached hydrogens (tertiary/aromatic N) is 2. The average molecular weight is 325 g/mol. The summed E-state index contributed by atoms with van der Waals surface area (Å²) >= 11 is 0. The molecule has 1 aromatic heterocycles. The van der Waals surface area contributed by atoms with Crippen LogP contribution in [0.25, 0.3) is 0 Å². The molecule has 3 rings (SSSR count). The summed E-state index contributed by atoms with van der Waals surface area (Å²) in [5.41, 5.74) is 2.30. The molecule has 0 aliphatic carbocycles. The van der Waals surface area contributed by atoms with Gasteiger partial charge in [-0.15, -0.1) is 0 Å². The molecular weight excluding hydrogens is 302 g/mol. The fourth-order valence-electron chi connectivity index (χ4n) is 2.83. The zero-order valence-electron chi connectivity index (χ0n) is 13.9. The van der Waals surface area contributed by atoms with E-state index >= 15 is 0 Å². The highest BCUT2D eigenvalue weighted by molar-refractivity contribution is 5.93. The monoisotopic (exact) mass is 325 g/mol. The van der Waals surface area contributed by atoms with Crippen molar-refractivity contribution >= 4 is 17.4 Å². The van der Waals surface area contributed by atoms with Gasteiger partial charge in [0.25, 0.3) is 5.91 Å². The van der Waals surface area contributed by atoms with E-state index in [1.807, 2.05) is 30.3 Å². The molecule has 5 heteroatoms. The zero-order valence-corrected chi connectivity index (χ0v) is 13.9. The molecule has 1 fully saturated rings. The van der Waals surface area contributed by atoms with Crippen LogP contribution in [-0.2, 0) is 16.1 Å². The van der Waals surface area contributed by atoms with Crippen molar-refractivity contribution in [2.45, 2.75) is 32.4 Å². The van der Waals surface area contributed by atoms with E-state index < -0.39 is 0 Å². The van der Waals surface area contributed by atoms with E-state index in [2.05, 4.69) is 34.3 Å². The molecule has 2 aromatic rings. The number of carbonyl (C=O) groups excluding carboxylic acids is 1. The number of carbonyl (C=O) groups is 1. The molecule has 24 heavy (non-hydrogen) atoms. The lowest BCUT2D eigenvalue weighted by molar-refractivity contribution is -0.124. The van der Waals surface area contributed by atoms with E-state index in [1.165, 1.54) is 5.56 Å². The molecule has 1 unspecified atom stereocenters. The summed E-state index contributed by atoms with van der Waals surface area (Å²) in [6, 6.07) is 14.2. The lowest BCUT2D eigenvalue weighted by atomic mass is 10.2.